The molecule has 224 valence electrons. The Kier molecular flexibility index (Phi) is 12.5. The summed E-state index contributed by atoms with van der Waals surface area (Å²) in [5, 5.41) is 3.24. The molecule has 1 N–H and O–H groups in total. The number of carbonyl (C=O) groups excluding carboxylic acids is 2. The minimum Gasteiger partial charge on any atom is -0.459 e. The van der Waals surface area contributed by atoms with Crippen LogP contribution >= 0.6 is 7.82 Å². The van der Waals surface area contributed by atoms with Crippen LogP contribution in [0.4, 0.5) is 4.79 Å². The predicted octanol–water partition coefficient (Wildman–Crippen LogP) is 4.67. The van der Waals surface area contributed by atoms with Gasteiger partial charge in [-0.15, -0.1) is 0 Å². The van der Waals surface area contributed by atoms with E-state index in [9.17, 15) is 14.2 Å². The van der Waals surface area contributed by atoms with Crippen LogP contribution in [-0.4, -0.2) is 62.6 Å². The van der Waals surface area contributed by atoms with Crippen molar-refractivity contribution in [3.63, 3.8) is 0 Å². The van der Waals surface area contributed by atoms with Gasteiger partial charge in [-0.1, -0.05) is 91.0 Å². The Morgan fingerprint density at radius 3 is 1.86 bits per heavy atom. The number of nitrogens with one attached hydrogen (secondary N) is 1. The molecule has 3 aromatic carbocycles. The second-order valence-electron chi connectivity index (χ2n) is 9.38. The van der Waals surface area contributed by atoms with Crippen molar-refractivity contribution in [3.05, 3.63) is 108 Å². The number of phosphoric ester groups is 1. The highest BCUT2D eigenvalue weighted by Crippen LogP contribution is 2.50. The number of carbonyl (C=O) groups is 2. The monoisotopic (exact) mass is 598 g/mol. The van der Waals surface area contributed by atoms with Gasteiger partial charge in [0, 0.05) is 19.1 Å². The highest BCUT2D eigenvalue weighted by Gasteiger charge is 2.30. The molecule has 0 radical (unpaired) electrons. The lowest BCUT2D eigenvalue weighted by molar-refractivity contribution is -0.146. The van der Waals surface area contributed by atoms with Gasteiger partial charge in [-0.2, -0.15) is 0 Å². The Morgan fingerprint density at radius 2 is 1.33 bits per heavy atom. The standard InChI is InChI=1S/C30H35N2O9P/c33-29(37-20-25-10-4-1-5-11-25)19-32(18-28-23-36-17-16-31-28)30(34)38-24-41-42(35,39-21-26-12-6-2-7-13-26)40-22-27-14-8-3-9-15-27/h1-15,28,31H,16-24H2/t28-/m1/s1. The van der Waals surface area contributed by atoms with Crippen molar-refractivity contribution in [2.24, 2.45) is 0 Å². The highest BCUT2D eigenvalue weighted by molar-refractivity contribution is 7.48. The summed E-state index contributed by atoms with van der Waals surface area (Å²) in [5.41, 5.74) is 2.32. The zero-order valence-corrected chi connectivity index (χ0v) is 24.1. The number of rotatable bonds is 15. The van der Waals surface area contributed by atoms with E-state index in [0.717, 1.165) is 16.7 Å². The fourth-order valence-electron chi connectivity index (χ4n) is 3.95. The number of hydrogen-bond donors (Lipinski definition) is 1. The number of phosphoric acid groups is 1. The zero-order valence-electron chi connectivity index (χ0n) is 23.2. The summed E-state index contributed by atoms with van der Waals surface area (Å²) >= 11 is 0. The van der Waals surface area contributed by atoms with Gasteiger partial charge < -0.3 is 19.5 Å². The van der Waals surface area contributed by atoms with Crippen molar-refractivity contribution in [3.8, 4) is 0 Å². The van der Waals surface area contributed by atoms with Gasteiger partial charge in [-0.05, 0) is 16.7 Å². The third kappa shape index (κ3) is 11.0. The molecule has 1 aliphatic rings. The van der Waals surface area contributed by atoms with Gasteiger partial charge in [-0.3, -0.25) is 18.7 Å². The van der Waals surface area contributed by atoms with Crippen molar-refractivity contribution >= 4 is 19.9 Å². The molecular weight excluding hydrogens is 563 g/mol. The zero-order chi connectivity index (χ0) is 29.5. The molecular formula is C30H35N2O9P. The number of nitrogens with zero attached hydrogens (tertiary/aromatic N) is 1. The quantitative estimate of drug-likeness (QED) is 0.150. The van der Waals surface area contributed by atoms with Gasteiger partial charge in [0.05, 0.1) is 26.4 Å². The Hall–Kier alpha value is -3.57. The van der Waals surface area contributed by atoms with Crippen molar-refractivity contribution in [1.82, 2.24) is 10.2 Å². The highest BCUT2D eigenvalue weighted by atomic mass is 31.2. The van der Waals surface area contributed by atoms with Crippen LogP contribution in [0, 0.1) is 0 Å². The summed E-state index contributed by atoms with van der Waals surface area (Å²) in [5.74, 6) is -0.614. The fraction of sp³-hybridized carbons (Fsp3) is 0.333. The molecule has 4 rings (SSSR count). The second-order valence-corrected chi connectivity index (χ2v) is 11.0. The topological polar surface area (TPSA) is 122 Å². The number of morpholine rings is 1. The molecule has 12 heteroatoms. The summed E-state index contributed by atoms with van der Waals surface area (Å²) in [4.78, 5) is 26.8. The second kappa shape index (κ2) is 16.8. The summed E-state index contributed by atoms with van der Waals surface area (Å²) in [6.45, 7) is 0.505. The van der Waals surface area contributed by atoms with Crippen LogP contribution < -0.4 is 5.32 Å². The lowest BCUT2D eigenvalue weighted by atomic mass is 10.2. The molecule has 0 saturated carbocycles. The first-order valence-electron chi connectivity index (χ1n) is 13.5. The molecule has 1 saturated heterocycles. The van der Waals surface area contributed by atoms with Crippen molar-refractivity contribution in [2.45, 2.75) is 25.9 Å². The fourth-order valence-corrected chi connectivity index (χ4v) is 4.97. The van der Waals surface area contributed by atoms with Gasteiger partial charge in [0.1, 0.15) is 13.2 Å². The molecule has 42 heavy (non-hydrogen) atoms. The molecule has 1 atom stereocenters. The van der Waals surface area contributed by atoms with Crippen molar-refractivity contribution in [1.29, 1.82) is 0 Å². The Morgan fingerprint density at radius 1 is 0.786 bits per heavy atom. The van der Waals surface area contributed by atoms with Gasteiger partial charge in [-0.25, -0.2) is 13.9 Å². The predicted molar refractivity (Wildman–Crippen MR) is 153 cm³/mol. The van der Waals surface area contributed by atoms with E-state index in [1.165, 1.54) is 4.90 Å². The first kappa shape index (κ1) is 31.4. The van der Waals surface area contributed by atoms with Crippen LogP contribution in [0.1, 0.15) is 16.7 Å². The average Bonchev–Trinajstić information content (AvgIpc) is 3.03. The molecule has 11 nitrogen and oxygen atoms in total. The van der Waals surface area contributed by atoms with Gasteiger partial charge in [0.2, 0.25) is 6.79 Å². The molecule has 3 aromatic rings. The maximum atomic E-state index is 13.5. The Balaban J connectivity index is 1.34. The van der Waals surface area contributed by atoms with Gasteiger partial charge in [0.15, 0.2) is 0 Å². The minimum atomic E-state index is -4.16. The van der Waals surface area contributed by atoms with Crippen LogP contribution in [0.5, 0.6) is 0 Å². The summed E-state index contributed by atoms with van der Waals surface area (Å²) in [6.07, 6.45) is -0.864. The molecule has 1 amide bonds. The Labute approximate surface area is 245 Å². The largest absolute Gasteiger partial charge is 0.478 e. The molecule has 0 spiro atoms. The van der Waals surface area contributed by atoms with E-state index in [1.807, 2.05) is 66.7 Å². The third-order valence-electron chi connectivity index (χ3n) is 6.12. The van der Waals surface area contributed by atoms with E-state index in [1.54, 1.807) is 24.3 Å². The van der Waals surface area contributed by atoms with Gasteiger partial charge >= 0.3 is 19.9 Å². The van der Waals surface area contributed by atoms with E-state index in [-0.39, 0.29) is 39.0 Å². The molecule has 1 heterocycles. The third-order valence-corrected chi connectivity index (χ3v) is 7.43. The molecule has 1 fully saturated rings. The smallest absolute Gasteiger partial charge is 0.459 e. The molecule has 1 aliphatic heterocycles. The van der Waals surface area contributed by atoms with Crippen LogP contribution in [0.25, 0.3) is 0 Å². The Bertz CT molecular complexity index is 1230. The van der Waals surface area contributed by atoms with E-state index in [2.05, 4.69) is 5.32 Å². The summed E-state index contributed by atoms with van der Waals surface area (Å²) in [6, 6.07) is 27.2. The van der Waals surface area contributed by atoms with Gasteiger partial charge in [0.25, 0.3) is 0 Å². The molecule has 0 aromatic heterocycles. The summed E-state index contributed by atoms with van der Waals surface area (Å²) in [7, 11) is -4.16. The summed E-state index contributed by atoms with van der Waals surface area (Å²) < 4.78 is 46.0. The normalized spacial score (nSPS) is 15.1. The van der Waals surface area contributed by atoms with Crippen molar-refractivity contribution in [2.75, 3.05) is 39.6 Å². The van der Waals surface area contributed by atoms with E-state index >= 15 is 0 Å². The number of esters is 1. The number of amides is 1. The van der Waals surface area contributed by atoms with Crippen molar-refractivity contribution < 1.29 is 41.9 Å². The first-order chi connectivity index (χ1) is 20.5. The van der Waals surface area contributed by atoms with Crippen LogP contribution in [0.15, 0.2) is 91.0 Å². The number of benzene rings is 3. The molecule has 0 aliphatic carbocycles. The van der Waals surface area contributed by atoms with Crippen LogP contribution in [-0.2, 0) is 57.0 Å². The van der Waals surface area contributed by atoms with E-state index in [4.69, 9.17) is 27.8 Å². The number of ether oxygens (including phenoxy) is 3. The lowest BCUT2D eigenvalue weighted by Crippen LogP contribution is -2.51. The maximum absolute atomic E-state index is 13.5. The average molecular weight is 599 g/mol. The maximum Gasteiger partial charge on any atom is 0.478 e. The first-order valence-corrected chi connectivity index (χ1v) is 15.0. The van der Waals surface area contributed by atoms with E-state index in [0.29, 0.717) is 19.8 Å². The SMILES string of the molecule is O=C(CN(C[C@@H]1COCCN1)C(=O)OCOP(=O)(OCc1ccccc1)OCc1ccccc1)OCc1ccccc1. The molecule has 0 bridgehead atoms. The van der Waals surface area contributed by atoms with Crippen LogP contribution in [0.2, 0.25) is 0 Å². The number of hydrogen-bond acceptors (Lipinski definition) is 10. The van der Waals surface area contributed by atoms with Crippen LogP contribution in [0.3, 0.4) is 0 Å². The minimum absolute atomic E-state index is 0.0480. The lowest BCUT2D eigenvalue weighted by Gasteiger charge is -2.29. The van der Waals surface area contributed by atoms with E-state index < -0.39 is 26.7 Å². The molecule has 0 unspecified atom stereocenters.